The van der Waals surface area contributed by atoms with Crippen LogP contribution in [0.5, 0.6) is 0 Å². The fraction of sp³-hybridized carbons (Fsp3) is 0.462. The molecular weight excluding hydrogens is 230 g/mol. The van der Waals surface area contributed by atoms with Crippen molar-refractivity contribution < 1.29 is 9.90 Å². The van der Waals surface area contributed by atoms with Gasteiger partial charge in [-0.15, -0.1) is 11.7 Å². The predicted molar refractivity (Wildman–Crippen MR) is 69.0 cm³/mol. The Hall–Kier alpha value is -1.91. The van der Waals surface area contributed by atoms with Gasteiger partial charge >= 0.3 is 5.97 Å². The number of anilines is 1. The maximum atomic E-state index is 11.4. The molecule has 0 aromatic carbocycles. The molecule has 1 aromatic heterocycles. The number of aromatic nitrogens is 2. The summed E-state index contributed by atoms with van der Waals surface area (Å²) in [7, 11) is 0. The molecular formula is C13H17N3O2. The van der Waals surface area contributed by atoms with E-state index in [9.17, 15) is 9.90 Å². The molecule has 0 spiro atoms. The zero-order valence-corrected chi connectivity index (χ0v) is 10.7. The molecule has 96 valence electrons. The highest BCUT2D eigenvalue weighted by atomic mass is 16.4. The molecule has 0 aliphatic heterocycles. The van der Waals surface area contributed by atoms with Crippen molar-refractivity contribution >= 4 is 11.8 Å². The van der Waals surface area contributed by atoms with Crippen molar-refractivity contribution in [3.05, 3.63) is 29.5 Å². The molecule has 5 heteroatoms. The van der Waals surface area contributed by atoms with E-state index in [0.717, 1.165) is 12.8 Å². The van der Waals surface area contributed by atoms with Crippen molar-refractivity contribution in [1.29, 1.82) is 0 Å². The van der Waals surface area contributed by atoms with Gasteiger partial charge in [-0.25, -0.2) is 4.79 Å². The SMILES string of the molecule is C=CCN(c1nnc(C)c(C)c1C(=O)O)C1CC1. The quantitative estimate of drug-likeness (QED) is 0.805. The third-order valence-electron chi connectivity index (χ3n) is 3.24. The van der Waals surface area contributed by atoms with Crippen LogP contribution in [0.4, 0.5) is 5.82 Å². The van der Waals surface area contributed by atoms with Crippen molar-refractivity contribution in [3.8, 4) is 0 Å². The fourth-order valence-electron chi connectivity index (χ4n) is 1.99. The number of carbonyl (C=O) groups is 1. The molecule has 0 radical (unpaired) electrons. The summed E-state index contributed by atoms with van der Waals surface area (Å²) < 4.78 is 0. The average molecular weight is 247 g/mol. The lowest BCUT2D eigenvalue weighted by Gasteiger charge is -2.23. The van der Waals surface area contributed by atoms with Crippen LogP contribution in [0.25, 0.3) is 0 Å². The third-order valence-corrected chi connectivity index (χ3v) is 3.24. The van der Waals surface area contributed by atoms with E-state index >= 15 is 0 Å². The summed E-state index contributed by atoms with van der Waals surface area (Å²) in [5, 5.41) is 17.5. The minimum Gasteiger partial charge on any atom is -0.478 e. The normalized spacial score (nSPS) is 14.3. The Bertz CT molecular complexity index is 495. The summed E-state index contributed by atoms with van der Waals surface area (Å²) in [6, 6.07) is 0.373. The molecule has 1 aliphatic carbocycles. The van der Waals surface area contributed by atoms with Crippen LogP contribution in [0.3, 0.4) is 0 Å². The van der Waals surface area contributed by atoms with E-state index in [2.05, 4.69) is 16.8 Å². The lowest BCUT2D eigenvalue weighted by molar-refractivity contribution is 0.0696. The van der Waals surface area contributed by atoms with Gasteiger partial charge in [0.25, 0.3) is 0 Å². The van der Waals surface area contributed by atoms with Gasteiger partial charge in [0.05, 0.1) is 5.69 Å². The largest absolute Gasteiger partial charge is 0.478 e. The highest BCUT2D eigenvalue weighted by molar-refractivity contribution is 5.95. The van der Waals surface area contributed by atoms with E-state index in [1.807, 2.05) is 4.90 Å². The minimum absolute atomic E-state index is 0.260. The first-order valence-corrected chi connectivity index (χ1v) is 6.01. The number of hydrogen-bond acceptors (Lipinski definition) is 4. The predicted octanol–water partition coefficient (Wildman–Crippen LogP) is 1.95. The highest BCUT2D eigenvalue weighted by Crippen LogP contribution is 2.33. The highest BCUT2D eigenvalue weighted by Gasteiger charge is 2.33. The second-order valence-corrected chi connectivity index (χ2v) is 4.59. The van der Waals surface area contributed by atoms with E-state index in [0.29, 0.717) is 29.7 Å². The minimum atomic E-state index is -0.949. The van der Waals surface area contributed by atoms with E-state index in [4.69, 9.17) is 0 Å². The standard InChI is InChI=1S/C13H17N3O2/c1-4-7-16(10-5-6-10)12-11(13(17)18)8(2)9(3)14-15-12/h4,10H,1,5-7H2,2-3H3,(H,17,18). The van der Waals surface area contributed by atoms with Gasteiger partial charge in [0, 0.05) is 12.6 Å². The first kappa shape index (κ1) is 12.5. The molecule has 0 unspecified atom stereocenters. The van der Waals surface area contributed by atoms with Gasteiger partial charge in [-0.3, -0.25) is 0 Å². The number of rotatable bonds is 5. The number of aryl methyl sites for hydroxylation is 1. The Kier molecular flexibility index (Phi) is 3.32. The Labute approximate surface area is 106 Å². The molecule has 5 nitrogen and oxygen atoms in total. The van der Waals surface area contributed by atoms with Crippen LogP contribution in [0.1, 0.15) is 34.5 Å². The van der Waals surface area contributed by atoms with Gasteiger partial charge in [-0.05, 0) is 32.3 Å². The van der Waals surface area contributed by atoms with Crippen LogP contribution in [0.15, 0.2) is 12.7 Å². The van der Waals surface area contributed by atoms with Gasteiger partial charge in [0.1, 0.15) is 5.56 Å². The number of carboxylic acid groups (broad SMARTS) is 1. The molecule has 18 heavy (non-hydrogen) atoms. The van der Waals surface area contributed by atoms with Gasteiger partial charge < -0.3 is 10.0 Å². The maximum Gasteiger partial charge on any atom is 0.339 e. The fourth-order valence-corrected chi connectivity index (χ4v) is 1.99. The van der Waals surface area contributed by atoms with Crippen molar-refractivity contribution in [2.45, 2.75) is 32.7 Å². The van der Waals surface area contributed by atoms with Gasteiger partial charge in [-0.2, -0.15) is 5.10 Å². The van der Waals surface area contributed by atoms with Gasteiger partial charge in [-0.1, -0.05) is 6.08 Å². The monoisotopic (exact) mass is 247 g/mol. The van der Waals surface area contributed by atoms with Crippen molar-refractivity contribution in [1.82, 2.24) is 10.2 Å². The Balaban J connectivity index is 2.51. The Morgan fingerprint density at radius 3 is 2.67 bits per heavy atom. The number of nitrogens with zero attached hydrogens (tertiary/aromatic N) is 3. The summed E-state index contributed by atoms with van der Waals surface area (Å²) >= 11 is 0. The molecule has 0 atom stereocenters. The van der Waals surface area contributed by atoms with Crippen LogP contribution in [-0.4, -0.2) is 33.9 Å². The molecule has 0 saturated heterocycles. The van der Waals surface area contributed by atoms with E-state index in [-0.39, 0.29) is 5.56 Å². The lowest BCUT2D eigenvalue weighted by Crippen LogP contribution is -2.29. The summed E-state index contributed by atoms with van der Waals surface area (Å²) in [5.74, 6) is -0.483. The lowest BCUT2D eigenvalue weighted by atomic mass is 10.1. The molecule has 1 fully saturated rings. The van der Waals surface area contributed by atoms with Gasteiger partial charge in [0.15, 0.2) is 5.82 Å². The smallest absolute Gasteiger partial charge is 0.339 e. The van der Waals surface area contributed by atoms with Crippen molar-refractivity contribution in [2.24, 2.45) is 0 Å². The average Bonchev–Trinajstić information content (AvgIpc) is 3.13. The molecule has 1 aliphatic rings. The Morgan fingerprint density at radius 1 is 1.50 bits per heavy atom. The topological polar surface area (TPSA) is 66.3 Å². The van der Waals surface area contributed by atoms with E-state index in [1.165, 1.54) is 0 Å². The maximum absolute atomic E-state index is 11.4. The molecule has 0 amide bonds. The second kappa shape index (κ2) is 4.76. The van der Waals surface area contributed by atoms with Crippen LogP contribution < -0.4 is 4.90 Å². The molecule has 2 rings (SSSR count). The van der Waals surface area contributed by atoms with Gasteiger partial charge in [0.2, 0.25) is 0 Å². The molecule has 1 saturated carbocycles. The first-order chi connectivity index (χ1) is 8.56. The van der Waals surface area contributed by atoms with Crippen LogP contribution in [-0.2, 0) is 0 Å². The Morgan fingerprint density at radius 2 is 2.17 bits per heavy atom. The van der Waals surface area contributed by atoms with Crippen LogP contribution in [0.2, 0.25) is 0 Å². The number of aromatic carboxylic acids is 1. The van der Waals surface area contributed by atoms with Crippen LogP contribution >= 0.6 is 0 Å². The number of hydrogen-bond donors (Lipinski definition) is 1. The van der Waals surface area contributed by atoms with Crippen molar-refractivity contribution in [3.63, 3.8) is 0 Å². The first-order valence-electron chi connectivity index (χ1n) is 6.01. The molecule has 1 heterocycles. The zero-order valence-electron chi connectivity index (χ0n) is 10.7. The summed E-state index contributed by atoms with van der Waals surface area (Å²) in [4.78, 5) is 13.4. The summed E-state index contributed by atoms with van der Waals surface area (Å²) in [6.07, 6.45) is 3.91. The van der Waals surface area contributed by atoms with Crippen molar-refractivity contribution in [2.75, 3.05) is 11.4 Å². The summed E-state index contributed by atoms with van der Waals surface area (Å²) in [5.41, 5.74) is 1.60. The molecule has 1 N–H and O–H groups in total. The summed E-state index contributed by atoms with van der Waals surface area (Å²) in [6.45, 7) is 7.86. The second-order valence-electron chi connectivity index (χ2n) is 4.59. The molecule has 0 bridgehead atoms. The van der Waals surface area contributed by atoms with Crippen LogP contribution in [0, 0.1) is 13.8 Å². The van der Waals surface area contributed by atoms with E-state index < -0.39 is 5.97 Å². The molecule has 1 aromatic rings. The van der Waals surface area contributed by atoms with E-state index in [1.54, 1.807) is 19.9 Å². The third kappa shape index (κ3) is 2.20. The number of carboxylic acids is 1. The zero-order chi connectivity index (χ0) is 13.3.